The summed E-state index contributed by atoms with van der Waals surface area (Å²) in [6.45, 7) is 0.837. The molecular formula is C14H20N2O2. The Morgan fingerprint density at radius 3 is 3.06 bits per heavy atom. The number of anilines is 2. The van der Waals surface area contributed by atoms with Crippen LogP contribution in [0, 0.1) is 0 Å². The summed E-state index contributed by atoms with van der Waals surface area (Å²) in [6, 6.07) is 7.37. The number of carbonyl (C=O) groups excluding carboxylic acids is 1. The Kier molecular flexibility index (Phi) is 4.20. The van der Waals surface area contributed by atoms with Crippen molar-refractivity contribution in [3.8, 4) is 0 Å². The number of amides is 1. The van der Waals surface area contributed by atoms with Gasteiger partial charge in [-0.25, -0.2) is 0 Å². The molecule has 2 N–H and O–H groups in total. The summed E-state index contributed by atoms with van der Waals surface area (Å²) in [5, 5.41) is 0. The Bertz CT molecular complexity index is 414. The molecule has 0 aliphatic carbocycles. The van der Waals surface area contributed by atoms with E-state index in [-0.39, 0.29) is 12.0 Å². The molecule has 98 valence electrons. The Balaban J connectivity index is 1.87. The largest absolute Gasteiger partial charge is 0.399 e. The van der Waals surface area contributed by atoms with Crippen LogP contribution in [-0.2, 0) is 9.53 Å². The van der Waals surface area contributed by atoms with E-state index in [9.17, 15) is 4.79 Å². The summed E-state index contributed by atoms with van der Waals surface area (Å²) >= 11 is 0. The SMILES string of the molecule is CN(C(=O)CCC1CCCO1)c1cccc(N)c1. The quantitative estimate of drug-likeness (QED) is 0.831. The van der Waals surface area contributed by atoms with Crippen LogP contribution in [0.2, 0.25) is 0 Å². The molecule has 1 saturated heterocycles. The van der Waals surface area contributed by atoms with Crippen molar-refractivity contribution in [3.05, 3.63) is 24.3 Å². The minimum Gasteiger partial charge on any atom is -0.399 e. The lowest BCUT2D eigenvalue weighted by atomic mass is 10.1. The molecule has 1 fully saturated rings. The van der Waals surface area contributed by atoms with Crippen LogP contribution in [0.3, 0.4) is 0 Å². The van der Waals surface area contributed by atoms with Crippen LogP contribution < -0.4 is 10.6 Å². The second kappa shape index (κ2) is 5.87. The Morgan fingerprint density at radius 2 is 2.39 bits per heavy atom. The number of benzene rings is 1. The van der Waals surface area contributed by atoms with Crippen molar-refractivity contribution < 1.29 is 9.53 Å². The van der Waals surface area contributed by atoms with Gasteiger partial charge in [-0.3, -0.25) is 4.79 Å². The fourth-order valence-electron chi connectivity index (χ4n) is 2.20. The van der Waals surface area contributed by atoms with E-state index in [2.05, 4.69) is 0 Å². The van der Waals surface area contributed by atoms with Crippen molar-refractivity contribution in [1.29, 1.82) is 0 Å². The fourth-order valence-corrected chi connectivity index (χ4v) is 2.20. The van der Waals surface area contributed by atoms with Gasteiger partial charge in [0.15, 0.2) is 0 Å². The standard InChI is InChI=1S/C14H20N2O2/c1-16(12-5-2-4-11(15)10-12)14(17)8-7-13-6-3-9-18-13/h2,4-5,10,13H,3,6-9,15H2,1H3. The Morgan fingerprint density at radius 1 is 1.56 bits per heavy atom. The molecule has 1 aromatic carbocycles. The number of hydrogen-bond donors (Lipinski definition) is 1. The molecule has 1 unspecified atom stereocenters. The average molecular weight is 248 g/mol. The van der Waals surface area contributed by atoms with Crippen molar-refractivity contribution in [2.24, 2.45) is 0 Å². The third kappa shape index (κ3) is 3.23. The molecule has 0 radical (unpaired) electrons. The summed E-state index contributed by atoms with van der Waals surface area (Å²) in [6.07, 6.45) is 3.80. The molecule has 0 aromatic heterocycles. The molecule has 0 saturated carbocycles. The molecule has 4 heteroatoms. The second-order valence-corrected chi connectivity index (χ2v) is 4.72. The third-order valence-electron chi connectivity index (χ3n) is 3.34. The first-order valence-corrected chi connectivity index (χ1v) is 6.40. The van der Waals surface area contributed by atoms with Gasteiger partial charge in [0.25, 0.3) is 0 Å². The molecule has 0 spiro atoms. The normalized spacial score (nSPS) is 18.8. The maximum absolute atomic E-state index is 12.0. The summed E-state index contributed by atoms with van der Waals surface area (Å²) in [7, 11) is 1.78. The number of ether oxygens (including phenoxy) is 1. The van der Waals surface area contributed by atoms with Gasteiger partial charge in [0.1, 0.15) is 0 Å². The van der Waals surface area contributed by atoms with E-state index in [1.807, 2.05) is 24.3 Å². The molecule has 1 atom stereocenters. The molecule has 0 bridgehead atoms. The lowest BCUT2D eigenvalue weighted by molar-refractivity contribution is -0.118. The zero-order chi connectivity index (χ0) is 13.0. The molecule has 18 heavy (non-hydrogen) atoms. The van der Waals surface area contributed by atoms with Gasteiger partial charge in [0.2, 0.25) is 5.91 Å². The van der Waals surface area contributed by atoms with E-state index in [0.717, 1.165) is 31.6 Å². The smallest absolute Gasteiger partial charge is 0.226 e. The first-order chi connectivity index (χ1) is 8.66. The van der Waals surface area contributed by atoms with Crippen LogP contribution in [0.15, 0.2) is 24.3 Å². The van der Waals surface area contributed by atoms with Gasteiger partial charge in [-0.2, -0.15) is 0 Å². The molecule has 4 nitrogen and oxygen atoms in total. The van der Waals surface area contributed by atoms with Gasteiger partial charge in [0, 0.05) is 31.5 Å². The van der Waals surface area contributed by atoms with Crippen LogP contribution in [0.25, 0.3) is 0 Å². The van der Waals surface area contributed by atoms with Gasteiger partial charge in [-0.15, -0.1) is 0 Å². The van der Waals surface area contributed by atoms with Crippen LogP contribution in [-0.4, -0.2) is 25.7 Å². The van der Waals surface area contributed by atoms with Gasteiger partial charge < -0.3 is 15.4 Å². The second-order valence-electron chi connectivity index (χ2n) is 4.72. The Hall–Kier alpha value is -1.55. The minimum absolute atomic E-state index is 0.107. The highest BCUT2D eigenvalue weighted by molar-refractivity contribution is 5.93. The monoisotopic (exact) mass is 248 g/mol. The summed E-state index contributed by atoms with van der Waals surface area (Å²) in [4.78, 5) is 13.7. The van der Waals surface area contributed by atoms with Gasteiger partial charge in [0.05, 0.1) is 6.10 Å². The van der Waals surface area contributed by atoms with Crippen LogP contribution in [0.4, 0.5) is 11.4 Å². The van der Waals surface area contributed by atoms with E-state index < -0.39 is 0 Å². The van der Waals surface area contributed by atoms with Crippen LogP contribution in [0.5, 0.6) is 0 Å². The zero-order valence-corrected chi connectivity index (χ0v) is 10.8. The molecular weight excluding hydrogens is 228 g/mol. The number of carbonyl (C=O) groups is 1. The summed E-state index contributed by atoms with van der Waals surface area (Å²) < 4.78 is 5.52. The topological polar surface area (TPSA) is 55.6 Å². The predicted octanol–water partition coefficient (Wildman–Crippen LogP) is 2.19. The number of hydrogen-bond acceptors (Lipinski definition) is 3. The summed E-state index contributed by atoms with van der Waals surface area (Å²) in [5.41, 5.74) is 7.22. The van der Waals surface area contributed by atoms with Gasteiger partial charge >= 0.3 is 0 Å². The average Bonchev–Trinajstić information content (AvgIpc) is 2.88. The van der Waals surface area contributed by atoms with E-state index in [1.54, 1.807) is 11.9 Å². The van der Waals surface area contributed by atoms with E-state index in [0.29, 0.717) is 12.1 Å². The van der Waals surface area contributed by atoms with Crippen molar-refractivity contribution in [2.45, 2.75) is 31.8 Å². The van der Waals surface area contributed by atoms with E-state index >= 15 is 0 Å². The Labute approximate surface area is 108 Å². The minimum atomic E-state index is 0.107. The number of rotatable bonds is 4. The zero-order valence-electron chi connectivity index (χ0n) is 10.8. The molecule has 1 amide bonds. The van der Waals surface area contributed by atoms with Crippen molar-refractivity contribution in [2.75, 3.05) is 24.3 Å². The molecule has 1 aliphatic rings. The first-order valence-electron chi connectivity index (χ1n) is 6.40. The number of nitrogens with zero attached hydrogens (tertiary/aromatic N) is 1. The maximum Gasteiger partial charge on any atom is 0.226 e. The highest BCUT2D eigenvalue weighted by Crippen LogP contribution is 2.20. The maximum atomic E-state index is 12.0. The van der Waals surface area contributed by atoms with Gasteiger partial charge in [-0.05, 0) is 37.5 Å². The fraction of sp³-hybridized carbons (Fsp3) is 0.500. The van der Waals surface area contributed by atoms with Crippen molar-refractivity contribution in [1.82, 2.24) is 0 Å². The number of nitrogens with two attached hydrogens (primary N) is 1. The highest BCUT2D eigenvalue weighted by Gasteiger charge is 2.18. The third-order valence-corrected chi connectivity index (χ3v) is 3.34. The summed E-state index contributed by atoms with van der Waals surface area (Å²) in [5.74, 6) is 0.107. The van der Waals surface area contributed by atoms with Crippen LogP contribution in [0.1, 0.15) is 25.7 Å². The highest BCUT2D eigenvalue weighted by atomic mass is 16.5. The predicted molar refractivity (Wildman–Crippen MR) is 72.5 cm³/mol. The van der Waals surface area contributed by atoms with Gasteiger partial charge in [-0.1, -0.05) is 6.07 Å². The molecule has 1 aromatic rings. The molecule has 1 aliphatic heterocycles. The molecule has 1 heterocycles. The van der Waals surface area contributed by atoms with Crippen molar-refractivity contribution in [3.63, 3.8) is 0 Å². The van der Waals surface area contributed by atoms with Crippen molar-refractivity contribution >= 4 is 17.3 Å². The number of nitrogen functional groups attached to an aromatic ring is 1. The van der Waals surface area contributed by atoms with E-state index in [4.69, 9.17) is 10.5 Å². The van der Waals surface area contributed by atoms with Crippen LogP contribution >= 0.6 is 0 Å². The lowest BCUT2D eigenvalue weighted by Gasteiger charge is -2.18. The first kappa shape index (κ1) is 12.9. The lowest BCUT2D eigenvalue weighted by Crippen LogP contribution is -2.27. The molecule has 2 rings (SSSR count). The van der Waals surface area contributed by atoms with E-state index in [1.165, 1.54) is 0 Å².